The minimum absolute atomic E-state index is 0.0443. The van der Waals surface area contributed by atoms with E-state index < -0.39 is 0 Å². The Morgan fingerprint density at radius 2 is 2.40 bits per heavy atom. The summed E-state index contributed by atoms with van der Waals surface area (Å²) in [6, 6.07) is 5.17. The van der Waals surface area contributed by atoms with Crippen LogP contribution in [0.2, 0.25) is 0 Å². The summed E-state index contributed by atoms with van der Waals surface area (Å²) in [6.45, 7) is 2.83. The van der Waals surface area contributed by atoms with Crippen LogP contribution in [0.25, 0.3) is 0 Å². The summed E-state index contributed by atoms with van der Waals surface area (Å²) in [7, 11) is 1.55. The number of amides is 1. The van der Waals surface area contributed by atoms with Crippen molar-refractivity contribution in [2.24, 2.45) is 0 Å². The van der Waals surface area contributed by atoms with Crippen LogP contribution in [0.5, 0.6) is 5.75 Å². The van der Waals surface area contributed by atoms with Gasteiger partial charge in [-0.25, -0.2) is 0 Å². The second kappa shape index (κ2) is 6.85. The molecule has 1 heterocycles. The van der Waals surface area contributed by atoms with Crippen molar-refractivity contribution in [3.63, 3.8) is 0 Å². The largest absolute Gasteiger partial charge is 0.494 e. The zero-order valence-electron chi connectivity index (χ0n) is 11.7. The number of ether oxygens (including phenoxy) is 2. The molecule has 1 aliphatic rings. The summed E-state index contributed by atoms with van der Waals surface area (Å²) >= 11 is 1.63. The number of nitrogen functional groups attached to an aromatic ring is 1. The van der Waals surface area contributed by atoms with E-state index in [-0.39, 0.29) is 12.0 Å². The number of rotatable bonds is 5. The first-order chi connectivity index (χ1) is 9.60. The molecule has 6 heteroatoms. The van der Waals surface area contributed by atoms with Crippen LogP contribution in [0, 0.1) is 0 Å². The van der Waals surface area contributed by atoms with Crippen molar-refractivity contribution in [3.05, 3.63) is 18.2 Å². The van der Waals surface area contributed by atoms with Crippen LogP contribution in [0.15, 0.2) is 18.2 Å². The Hall–Kier alpha value is -1.40. The minimum Gasteiger partial charge on any atom is -0.494 e. The molecule has 1 amide bonds. The molecular formula is C14H20N2O3S. The summed E-state index contributed by atoms with van der Waals surface area (Å²) in [6.07, 6.45) is 1.23. The fraction of sp³-hybridized carbons (Fsp3) is 0.500. The van der Waals surface area contributed by atoms with Gasteiger partial charge < -0.3 is 20.5 Å². The van der Waals surface area contributed by atoms with Crippen molar-refractivity contribution in [2.45, 2.75) is 24.7 Å². The molecule has 0 saturated carbocycles. The number of hydrogen-bond donors (Lipinski definition) is 2. The molecule has 1 fully saturated rings. The second-order valence-electron chi connectivity index (χ2n) is 4.72. The SMILES string of the molecule is COc1cc(N)ccc1NC(=O)CSC1CCOC1C. The fourth-order valence-electron chi connectivity index (χ4n) is 2.11. The molecule has 2 unspecified atom stereocenters. The Morgan fingerprint density at radius 1 is 1.60 bits per heavy atom. The number of methoxy groups -OCH3 is 1. The van der Waals surface area contributed by atoms with E-state index in [1.54, 1.807) is 37.1 Å². The highest BCUT2D eigenvalue weighted by Crippen LogP contribution is 2.28. The van der Waals surface area contributed by atoms with Crippen LogP contribution in [0.3, 0.4) is 0 Å². The molecule has 1 aromatic carbocycles. The van der Waals surface area contributed by atoms with E-state index in [2.05, 4.69) is 5.32 Å². The Labute approximate surface area is 123 Å². The number of carbonyl (C=O) groups excluding carboxylic acids is 1. The first kappa shape index (κ1) is 15.0. The number of hydrogen-bond acceptors (Lipinski definition) is 5. The van der Waals surface area contributed by atoms with Gasteiger partial charge in [0, 0.05) is 23.6 Å². The van der Waals surface area contributed by atoms with E-state index in [1.165, 1.54) is 0 Å². The normalized spacial score (nSPS) is 21.7. The molecule has 0 spiro atoms. The summed E-state index contributed by atoms with van der Waals surface area (Å²) in [4.78, 5) is 12.0. The zero-order chi connectivity index (χ0) is 14.5. The highest BCUT2D eigenvalue weighted by Gasteiger charge is 2.25. The maximum Gasteiger partial charge on any atom is 0.234 e. The van der Waals surface area contributed by atoms with Crippen molar-refractivity contribution in [2.75, 3.05) is 30.5 Å². The summed E-state index contributed by atoms with van der Waals surface area (Å²) in [5, 5.41) is 3.24. The van der Waals surface area contributed by atoms with Crippen molar-refractivity contribution in [1.29, 1.82) is 0 Å². The van der Waals surface area contributed by atoms with Gasteiger partial charge in [-0.1, -0.05) is 0 Å². The van der Waals surface area contributed by atoms with E-state index in [1.807, 2.05) is 6.92 Å². The molecule has 2 rings (SSSR count). The quantitative estimate of drug-likeness (QED) is 0.814. The molecule has 0 aliphatic carbocycles. The molecule has 110 valence electrons. The van der Waals surface area contributed by atoms with Crippen LogP contribution in [0.1, 0.15) is 13.3 Å². The van der Waals surface area contributed by atoms with Crippen LogP contribution in [0.4, 0.5) is 11.4 Å². The molecule has 3 N–H and O–H groups in total. The maximum absolute atomic E-state index is 12.0. The van der Waals surface area contributed by atoms with E-state index in [0.717, 1.165) is 13.0 Å². The molecule has 1 aliphatic heterocycles. The third-order valence-corrected chi connectivity index (χ3v) is 4.71. The molecular weight excluding hydrogens is 276 g/mol. The molecule has 2 atom stereocenters. The van der Waals surface area contributed by atoms with Crippen molar-refractivity contribution >= 4 is 29.0 Å². The summed E-state index contributed by atoms with van der Waals surface area (Å²) in [5.41, 5.74) is 6.92. The number of nitrogens with two attached hydrogens (primary N) is 1. The van der Waals surface area contributed by atoms with Crippen LogP contribution < -0.4 is 15.8 Å². The van der Waals surface area contributed by atoms with Gasteiger partial charge in [0.15, 0.2) is 0 Å². The molecule has 1 saturated heterocycles. The van der Waals surface area contributed by atoms with Gasteiger partial charge in [0.2, 0.25) is 5.91 Å². The lowest BCUT2D eigenvalue weighted by Crippen LogP contribution is -2.20. The lowest BCUT2D eigenvalue weighted by Gasteiger charge is -2.14. The molecule has 20 heavy (non-hydrogen) atoms. The average molecular weight is 296 g/mol. The van der Waals surface area contributed by atoms with Crippen molar-refractivity contribution in [1.82, 2.24) is 0 Å². The molecule has 5 nitrogen and oxygen atoms in total. The Balaban J connectivity index is 1.88. The van der Waals surface area contributed by atoms with Gasteiger partial charge in [-0.3, -0.25) is 4.79 Å². The molecule has 0 radical (unpaired) electrons. The zero-order valence-corrected chi connectivity index (χ0v) is 12.5. The van der Waals surface area contributed by atoms with Gasteiger partial charge in [0.25, 0.3) is 0 Å². The lowest BCUT2D eigenvalue weighted by atomic mass is 10.2. The number of carbonyl (C=O) groups is 1. The van der Waals surface area contributed by atoms with Crippen molar-refractivity contribution < 1.29 is 14.3 Å². The number of thioether (sulfide) groups is 1. The fourth-order valence-corrected chi connectivity index (χ4v) is 3.16. The third-order valence-electron chi connectivity index (χ3n) is 3.23. The van der Waals surface area contributed by atoms with Gasteiger partial charge in [-0.2, -0.15) is 0 Å². The van der Waals surface area contributed by atoms with Gasteiger partial charge in [-0.05, 0) is 25.5 Å². The number of anilines is 2. The third kappa shape index (κ3) is 3.80. The molecule has 0 aromatic heterocycles. The standard InChI is InChI=1S/C14H20N2O3S/c1-9-13(5-6-19-9)20-8-14(17)16-11-4-3-10(15)7-12(11)18-2/h3-4,7,9,13H,5-6,8,15H2,1-2H3,(H,16,17). The van der Waals surface area contributed by atoms with E-state index in [9.17, 15) is 4.79 Å². The minimum atomic E-state index is -0.0443. The highest BCUT2D eigenvalue weighted by atomic mass is 32.2. The molecule has 1 aromatic rings. The number of nitrogens with one attached hydrogen (secondary N) is 1. The van der Waals surface area contributed by atoms with E-state index in [4.69, 9.17) is 15.2 Å². The second-order valence-corrected chi connectivity index (χ2v) is 5.95. The summed E-state index contributed by atoms with van der Waals surface area (Å²) < 4.78 is 10.7. The summed E-state index contributed by atoms with van der Waals surface area (Å²) in [5.74, 6) is 0.935. The van der Waals surface area contributed by atoms with Crippen LogP contribution >= 0.6 is 11.8 Å². The van der Waals surface area contributed by atoms with Crippen molar-refractivity contribution in [3.8, 4) is 5.75 Å². The van der Waals surface area contributed by atoms with Crippen LogP contribution in [-0.4, -0.2) is 36.7 Å². The van der Waals surface area contributed by atoms with Crippen LogP contribution in [-0.2, 0) is 9.53 Å². The highest BCUT2D eigenvalue weighted by molar-refractivity contribution is 8.00. The predicted molar refractivity (Wildman–Crippen MR) is 82.3 cm³/mol. The Morgan fingerprint density at radius 3 is 3.05 bits per heavy atom. The Bertz CT molecular complexity index is 481. The van der Waals surface area contributed by atoms with Gasteiger partial charge >= 0.3 is 0 Å². The maximum atomic E-state index is 12.0. The van der Waals surface area contributed by atoms with Gasteiger partial charge in [0.1, 0.15) is 5.75 Å². The number of benzene rings is 1. The molecule has 0 bridgehead atoms. The van der Waals surface area contributed by atoms with Gasteiger partial charge in [-0.15, -0.1) is 11.8 Å². The average Bonchev–Trinajstić information content (AvgIpc) is 2.84. The predicted octanol–water partition coefficient (Wildman–Crippen LogP) is 2.13. The monoisotopic (exact) mass is 296 g/mol. The topological polar surface area (TPSA) is 73.6 Å². The Kier molecular flexibility index (Phi) is 5.14. The first-order valence-electron chi connectivity index (χ1n) is 6.56. The van der Waals surface area contributed by atoms with Gasteiger partial charge in [0.05, 0.1) is 24.7 Å². The van der Waals surface area contributed by atoms with E-state index >= 15 is 0 Å². The lowest BCUT2D eigenvalue weighted by molar-refractivity contribution is -0.113. The first-order valence-corrected chi connectivity index (χ1v) is 7.61. The van der Waals surface area contributed by atoms with E-state index in [0.29, 0.717) is 28.1 Å². The smallest absolute Gasteiger partial charge is 0.234 e.